The molecule has 0 bridgehead atoms. The summed E-state index contributed by atoms with van der Waals surface area (Å²) in [6, 6.07) is 8.61. The van der Waals surface area contributed by atoms with Crippen LogP contribution in [0.1, 0.15) is 54.2 Å². The summed E-state index contributed by atoms with van der Waals surface area (Å²) in [5.74, 6) is -1.17. The molecule has 174 valence electrons. The van der Waals surface area contributed by atoms with Crippen molar-refractivity contribution >= 4 is 45.1 Å². The van der Waals surface area contributed by atoms with Crippen molar-refractivity contribution in [2.75, 3.05) is 18.5 Å². The third-order valence-corrected chi connectivity index (χ3v) is 6.01. The minimum Gasteiger partial charge on any atom is -0.462 e. The number of aromatic amines is 1. The normalized spacial score (nSPS) is 10.9. The number of amides is 1. The maximum Gasteiger partial charge on any atom is 0.341 e. The number of carbonyl (C=O) groups is 3. The summed E-state index contributed by atoms with van der Waals surface area (Å²) in [4.78, 5) is 56.6. The van der Waals surface area contributed by atoms with Crippen LogP contribution in [0.2, 0.25) is 0 Å². The van der Waals surface area contributed by atoms with Gasteiger partial charge in [0.05, 0.1) is 29.5 Å². The fourth-order valence-electron chi connectivity index (χ4n) is 3.00. The van der Waals surface area contributed by atoms with Gasteiger partial charge in [-0.2, -0.15) is 0 Å². The number of nitrogens with zero attached hydrogens (tertiary/aromatic N) is 1. The Balaban J connectivity index is 1.55. The van der Waals surface area contributed by atoms with Crippen molar-refractivity contribution in [1.82, 2.24) is 9.97 Å². The van der Waals surface area contributed by atoms with Gasteiger partial charge in [-0.15, -0.1) is 11.3 Å². The maximum atomic E-state index is 12.3. The number of hydrogen-bond donors (Lipinski definition) is 2. The molecule has 0 saturated heterocycles. The first-order valence-corrected chi connectivity index (χ1v) is 11.3. The second-order valence-corrected chi connectivity index (χ2v) is 8.59. The first-order chi connectivity index (χ1) is 15.8. The third-order valence-electron chi connectivity index (χ3n) is 4.66. The van der Waals surface area contributed by atoms with E-state index in [1.54, 1.807) is 37.3 Å². The number of carbonyl (C=O) groups excluding carboxylic acids is 3. The standard InChI is InChI=1S/C23H25N3O6S/c1-4-31-23(30)15-11-17(13(2)3)33-22(15)26-19(27)12-32-20(28)10-9-18-24-16-8-6-5-7-14(16)21(29)25-18/h5-8,11,13H,4,9-10,12H2,1-3H3,(H,26,27)(H,24,25,29). The summed E-state index contributed by atoms with van der Waals surface area (Å²) in [6.45, 7) is 5.37. The SMILES string of the molecule is CCOC(=O)c1cc(C(C)C)sc1NC(=O)COC(=O)CCc1nc2ccccc2c(=O)[nH]1. The molecule has 33 heavy (non-hydrogen) atoms. The molecule has 3 aromatic rings. The number of fused-ring (bicyclic) bond motifs is 1. The highest BCUT2D eigenvalue weighted by Crippen LogP contribution is 2.33. The van der Waals surface area contributed by atoms with Gasteiger partial charge >= 0.3 is 11.9 Å². The van der Waals surface area contributed by atoms with Gasteiger partial charge in [0, 0.05) is 11.3 Å². The van der Waals surface area contributed by atoms with Gasteiger partial charge in [-0.3, -0.25) is 14.4 Å². The third kappa shape index (κ3) is 6.26. The van der Waals surface area contributed by atoms with Crippen molar-refractivity contribution < 1.29 is 23.9 Å². The van der Waals surface area contributed by atoms with Crippen molar-refractivity contribution in [3.63, 3.8) is 0 Å². The molecule has 0 aliphatic heterocycles. The number of H-pyrrole nitrogens is 1. The molecule has 3 rings (SSSR count). The van der Waals surface area contributed by atoms with Gasteiger partial charge in [0.1, 0.15) is 10.8 Å². The van der Waals surface area contributed by atoms with Gasteiger partial charge < -0.3 is 19.8 Å². The Hall–Kier alpha value is -3.53. The molecule has 9 nitrogen and oxygen atoms in total. The zero-order valence-electron chi connectivity index (χ0n) is 18.6. The molecule has 10 heteroatoms. The molecule has 0 fully saturated rings. The van der Waals surface area contributed by atoms with Crippen LogP contribution in [0.5, 0.6) is 0 Å². The summed E-state index contributed by atoms with van der Waals surface area (Å²) in [5.41, 5.74) is 0.534. The number of benzene rings is 1. The Morgan fingerprint density at radius 3 is 2.67 bits per heavy atom. The molecule has 0 spiro atoms. The quantitative estimate of drug-likeness (QED) is 0.458. The Labute approximate surface area is 194 Å². The summed E-state index contributed by atoms with van der Waals surface area (Å²) >= 11 is 1.28. The monoisotopic (exact) mass is 471 g/mol. The minimum absolute atomic E-state index is 0.0564. The second kappa shape index (κ2) is 10.9. The van der Waals surface area contributed by atoms with E-state index in [0.717, 1.165) is 4.88 Å². The maximum absolute atomic E-state index is 12.3. The largest absolute Gasteiger partial charge is 0.462 e. The van der Waals surface area contributed by atoms with Crippen molar-refractivity contribution in [1.29, 1.82) is 0 Å². The van der Waals surface area contributed by atoms with Crippen molar-refractivity contribution in [3.05, 3.63) is 57.0 Å². The molecule has 2 aromatic heterocycles. The Morgan fingerprint density at radius 2 is 1.94 bits per heavy atom. The van der Waals surface area contributed by atoms with E-state index in [1.165, 1.54) is 11.3 Å². The Kier molecular flexibility index (Phi) is 7.94. The molecular weight excluding hydrogens is 446 g/mol. The molecule has 1 aromatic carbocycles. The number of ether oxygens (including phenoxy) is 2. The molecule has 0 atom stereocenters. The second-order valence-electron chi connectivity index (χ2n) is 7.51. The van der Waals surface area contributed by atoms with Gasteiger partial charge in [0.25, 0.3) is 11.5 Å². The highest BCUT2D eigenvalue weighted by atomic mass is 32.1. The van der Waals surface area contributed by atoms with Crippen LogP contribution in [0.25, 0.3) is 10.9 Å². The fraction of sp³-hybridized carbons (Fsp3) is 0.348. The minimum atomic E-state index is -0.611. The number of hydrogen-bond acceptors (Lipinski definition) is 8. The zero-order chi connectivity index (χ0) is 24.0. The molecule has 0 unspecified atom stereocenters. The summed E-state index contributed by atoms with van der Waals surface area (Å²) in [7, 11) is 0. The van der Waals surface area contributed by atoms with Crippen LogP contribution in [0, 0.1) is 0 Å². The van der Waals surface area contributed by atoms with Crippen molar-refractivity contribution in [2.45, 2.75) is 39.5 Å². The van der Waals surface area contributed by atoms with E-state index in [-0.39, 0.29) is 36.5 Å². The average Bonchev–Trinajstić information content (AvgIpc) is 3.21. The van der Waals surface area contributed by atoms with E-state index in [4.69, 9.17) is 9.47 Å². The first-order valence-electron chi connectivity index (χ1n) is 10.5. The number of nitrogens with one attached hydrogen (secondary N) is 2. The number of rotatable bonds is 9. The lowest BCUT2D eigenvalue weighted by Gasteiger charge is -2.07. The van der Waals surface area contributed by atoms with Crippen LogP contribution in [-0.4, -0.2) is 41.0 Å². The number of esters is 2. The molecule has 0 aliphatic rings. The average molecular weight is 472 g/mol. The van der Waals surface area contributed by atoms with Crippen LogP contribution in [-0.2, 0) is 25.5 Å². The molecule has 2 N–H and O–H groups in total. The van der Waals surface area contributed by atoms with Crippen molar-refractivity contribution in [2.24, 2.45) is 0 Å². The molecule has 0 saturated carbocycles. The number of aryl methyl sites for hydroxylation is 1. The van der Waals surface area contributed by atoms with E-state index >= 15 is 0 Å². The van der Waals surface area contributed by atoms with Gasteiger partial charge in [0.15, 0.2) is 6.61 Å². The van der Waals surface area contributed by atoms with Gasteiger partial charge in [0.2, 0.25) is 0 Å². The van der Waals surface area contributed by atoms with E-state index in [2.05, 4.69) is 15.3 Å². The summed E-state index contributed by atoms with van der Waals surface area (Å²) in [6.07, 6.45) is 0.106. The summed E-state index contributed by atoms with van der Waals surface area (Å²) in [5, 5.41) is 3.45. The highest BCUT2D eigenvalue weighted by Gasteiger charge is 2.20. The van der Waals surface area contributed by atoms with E-state index in [0.29, 0.717) is 21.7 Å². The molecule has 2 heterocycles. The zero-order valence-corrected chi connectivity index (χ0v) is 19.4. The Bertz CT molecular complexity index is 1230. The van der Waals surface area contributed by atoms with Crippen LogP contribution >= 0.6 is 11.3 Å². The molecular formula is C23H25N3O6S. The van der Waals surface area contributed by atoms with Crippen LogP contribution in [0.3, 0.4) is 0 Å². The van der Waals surface area contributed by atoms with Gasteiger partial charge in [-0.1, -0.05) is 26.0 Å². The summed E-state index contributed by atoms with van der Waals surface area (Å²) < 4.78 is 10.1. The van der Waals surface area contributed by atoms with Gasteiger partial charge in [-0.25, -0.2) is 9.78 Å². The molecule has 0 radical (unpaired) electrons. The molecule has 0 aliphatic carbocycles. The van der Waals surface area contributed by atoms with E-state index in [1.807, 2.05) is 13.8 Å². The lowest BCUT2D eigenvalue weighted by atomic mass is 10.1. The van der Waals surface area contributed by atoms with E-state index in [9.17, 15) is 19.2 Å². The lowest BCUT2D eigenvalue weighted by molar-refractivity contribution is -0.147. The fourth-order valence-corrected chi connectivity index (χ4v) is 4.07. The van der Waals surface area contributed by atoms with Crippen LogP contribution < -0.4 is 10.9 Å². The number of para-hydroxylation sites is 1. The number of thiophene rings is 1. The smallest absolute Gasteiger partial charge is 0.341 e. The predicted molar refractivity (Wildman–Crippen MR) is 125 cm³/mol. The van der Waals surface area contributed by atoms with Crippen LogP contribution in [0.15, 0.2) is 35.1 Å². The van der Waals surface area contributed by atoms with Crippen molar-refractivity contribution in [3.8, 4) is 0 Å². The Morgan fingerprint density at radius 1 is 1.18 bits per heavy atom. The number of anilines is 1. The predicted octanol–water partition coefficient (Wildman–Crippen LogP) is 3.40. The number of aromatic nitrogens is 2. The lowest BCUT2D eigenvalue weighted by Crippen LogP contribution is -2.22. The topological polar surface area (TPSA) is 127 Å². The molecule has 1 amide bonds. The highest BCUT2D eigenvalue weighted by molar-refractivity contribution is 7.16. The van der Waals surface area contributed by atoms with Crippen LogP contribution in [0.4, 0.5) is 5.00 Å². The van der Waals surface area contributed by atoms with Gasteiger partial charge in [-0.05, 0) is 31.0 Å². The van der Waals surface area contributed by atoms with E-state index < -0.39 is 24.5 Å². The first kappa shape index (κ1) is 24.1.